The Hall–Kier alpha value is -2.60. The van der Waals surface area contributed by atoms with Crippen molar-refractivity contribution in [3.63, 3.8) is 0 Å². The fraction of sp³-hybridized carbons (Fsp3) is 0.609. The Morgan fingerprint density at radius 3 is 2.25 bits per heavy atom. The quantitative estimate of drug-likeness (QED) is 0.675. The number of urea groups is 1. The smallest absolute Gasteiger partial charge is 0.323 e. The summed E-state index contributed by atoms with van der Waals surface area (Å²) in [6, 6.07) is 7.51. The van der Waals surface area contributed by atoms with E-state index in [2.05, 4.69) is 26.1 Å². The molecule has 2 aliphatic rings. The predicted octanol–water partition coefficient (Wildman–Crippen LogP) is 4.41. The van der Waals surface area contributed by atoms with E-state index < -0.39 is 36.9 Å². The van der Waals surface area contributed by atoms with Gasteiger partial charge in [-0.25, -0.2) is 9.69 Å². The van der Waals surface area contributed by atoms with Crippen LogP contribution in [0, 0.1) is 22.7 Å². The molecule has 174 valence electrons. The molecule has 1 aromatic carbocycles. The predicted molar refractivity (Wildman–Crippen MR) is 112 cm³/mol. The maximum absolute atomic E-state index is 13.2. The number of imide groups is 1. The number of nitrogens with one attached hydrogen (secondary N) is 1. The van der Waals surface area contributed by atoms with E-state index in [1.807, 2.05) is 6.07 Å². The number of hydrogen-bond acceptors (Lipinski definition) is 4. The molecule has 1 heterocycles. The number of halogens is 3. The zero-order valence-electron chi connectivity index (χ0n) is 18.6. The highest BCUT2D eigenvalue weighted by Gasteiger charge is 2.53. The summed E-state index contributed by atoms with van der Waals surface area (Å²) in [7, 11) is 0. The van der Waals surface area contributed by atoms with Crippen LogP contribution in [-0.4, -0.2) is 46.7 Å². The van der Waals surface area contributed by atoms with Crippen molar-refractivity contribution in [1.29, 1.82) is 5.26 Å². The summed E-state index contributed by atoms with van der Waals surface area (Å²) in [5.41, 5.74) is 0.0353. The molecule has 1 saturated carbocycles. The molecular weight excluding hydrogens is 421 g/mol. The number of hydrogen-bond donors (Lipinski definition) is 1. The van der Waals surface area contributed by atoms with Gasteiger partial charge in [0, 0.05) is 6.54 Å². The van der Waals surface area contributed by atoms with Gasteiger partial charge in [0.25, 0.3) is 5.91 Å². The molecule has 1 aliphatic heterocycles. The van der Waals surface area contributed by atoms with Crippen molar-refractivity contribution in [3.05, 3.63) is 35.4 Å². The van der Waals surface area contributed by atoms with E-state index in [0.717, 1.165) is 22.6 Å². The van der Waals surface area contributed by atoms with E-state index in [4.69, 9.17) is 5.26 Å². The molecule has 1 aliphatic carbocycles. The van der Waals surface area contributed by atoms with Crippen molar-refractivity contribution in [1.82, 2.24) is 15.1 Å². The molecule has 6 nitrogen and oxygen atoms in total. The number of nitriles is 1. The average Bonchev–Trinajstić information content (AvgIpc) is 2.91. The van der Waals surface area contributed by atoms with Gasteiger partial charge in [-0.05, 0) is 54.7 Å². The van der Waals surface area contributed by atoms with Gasteiger partial charge in [-0.1, -0.05) is 32.9 Å². The van der Waals surface area contributed by atoms with E-state index in [9.17, 15) is 22.8 Å². The summed E-state index contributed by atoms with van der Waals surface area (Å²) in [5.74, 6) is -0.0214. The van der Waals surface area contributed by atoms with Crippen LogP contribution in [0.5, 0.6) is 0 Å². The first-order chi connectivity index (χ1) is 14.8. The summed E-state index contributed by atoms with van der Waals surface area (Å²) < 4.78 is 39.6. The average molecular weight is 451 g/mol. The van der Waals surface area contributed by atoms with Crippen LogP contribution in [0.3, 0.4) is 0 Å². The van der Waals surface area contributed by atoms with Crippen molar-refractivity contribution < 1.29 is 22.8 Å². The molecular formula is C23H29F3N4O2. The highest BCUT2D eigenvalue weighted by molar-refractivity contribution is 6.07. The second kappa shape index (κ2) is 8.74. The van der Waals surface area contributed by atoms with Crippen LogP contribution in [0.1, 0.15) is 57.6 Å². The Morgan fingerprint density at radius 1 is 1.16 bits per heavy atom. The Balaban J connectivity index is 1.73. The lowest BCUT2D eigenvalue weighted by Crippen LogP contribution is -2.51. The molecule has 1 spiro atoms. The van der Waals surface area contributed by atoms with E-state index in [-0.39, 0.29) is 12.0 Å². The monoisotopic (exact) mass is 450 g/mol. The van der Waals surface area contributed by atoms with Crippen LogP contribution < -0.4 is 5.32 Å². The number of carbonyl (C=O) groups is 2. The van der Waals surface area contributed by atoms with Crippen molar-refractivity contribution in [2.24, 2.45) is 11.3 Å². The summed E-state index contributed by atoms with van der Waals surface area (Å²) >= 11 is 0. The second-order valence-electron chi connectivity index (χ2n) is 9.94. The molecule has 2 fully saturated rings. The first-order valence-electron chi connectivity index (χ1n) is 10.8. The highest BCUT2D eigenvalue weighted by Crippen LogP contribution is 2.43. The molecule has 1 N–H and O–H groups in total. The van der Waals surface area contributed by atoms with Gasteiger partial charge in [-0.2, -0.15) is 18.4 Å². The van der Waals surface area contributed by atoms with Gasteiger partial charge in [-0.3, -0.25) is 9.69 Å². The van der Waals surface area contributed by atoms with Gasteiger partial charge in [0.2, 0.25) is 0 Å². The van der Waals surface area contributed by atoms with Gasteiger partial charge in [0.05, 0.1) is 24.8 Å². The first-order valence-corrected chi connectivity index (χ1v) is 10.8. The molecule has 3 amide bonds. The van der Waals surface area contributed by atoms with E-state index in [1.165, 1.54) is 12.1 Å². The second-order valence-corrected chi connectivity index (χ2v) is 9.94. The number of rotatable bonds is 5. The standard InChI is InChI=1S/C23H29F3N4O2/c1-21(2,3)18-8-10-22(11-9-18)19(31)30(20(32)28-22)15-29(14-23(24,25)26)13-17-6-4-16(12-27)5-7-17/h4-7,18H,8-11,13-15H2,1-3H3,(H,28,32). The lowest BCUT2D eigenvalue weighted by atomic mass is 9.67. The minimum atomic E-state index is -4.49. The summed E-state index contributed by atoms with van der Waals surface area (Å²) in [4.78, 5) is 27.7. The fourth-order valence-corrected chi connectivity index (χ4v) is 4.67. The molecule has 9 heteroatoms. The summed E-state index contributed by atoms with van der Waals surface area (Å²) in [6.45, 7) is 4.62. The fourth-order valence-electron chi connectivity index (χ4n) is 4.67. The lowest BCUT2D eigenvalue weighted by Gasteiger charge is -2.40. The number of carbonyl (C=O) groups excluding carboxylic acids is 2. The van der Waals surface area contributed by atoms with Crippen LogP contribution in [0.4, 0.5) is 18.0 Å². The van der Waals surface area contributed by atoms with Gasteiger partial charge in [-0.15, -0.1) is 0 Å². The third-order valence-electron chi connectivity index (χ3n) is 6.54. The van der Waals surface area contributed by atoms with Crippen LogP contribution in [0.2, 0.25) is 0 Å². The van der Waals surface area contributed by atoms with Crippen LogP contribution in [0.15, 0.2) is 24.3 Å². The zero-order valence-corrected chi connectivity index (χ0v) is 18.6. The molecule has 32 heavy (non-hydrogen) atoms. The molecule has 0 bridgehead atoms. The molecule has 0 atom stereocenters. The lowest BCUT2D eigenvalue weighted by molar-refractivity contribution is -0.154. The molecule has 0 aromatic heterocycles. The van der Waals surface area contributed by atoms with E-state index in [1.54, 1.807) is 12.1 Å². The number of benzene rings is 1. The summed E-state index contributed by atoms with van der Waals surface area (Å²) in [6.07, 6.45) is -1.95. The Morgan fingerprint density at radius 2 is 1.75 bits per heavy atom. The zero-order chi connectivity index (χ0) is 23.7. The van der Waals surface area contributed by atoms with Crippen molar-refractivity contribution in [2.75, 3.05) is 13.2 Å². The Labute approximate surface area is 186 Å². The minimum absolute atomic E-state index is 0.0948. The maximum atomic E-state index is 13.2. The topological polar surface area (TPSA) is 76.4 Å². The van der Waals surface area contributed by atoms with Crippen LogP contribution >= 0.6 is 0 Å². The Bertz CT molecular complexity index is 892. The van der Waals surface area contributed by atoms with Crippen molar-refractivity contribution in [3.8, 4) is 6.07 Å². The molecule has 1 aromatic rings. The van der Waals surface area contributed by atoms with E-state index >= 15 is 0 Å². The van der Waals surface area contributed by atoms with Crippen molar-refractivity contribution >= 4 is 11.9 Å². The van der Waals surface area contributed by atoms with Gasteiger partial charge >= 0.3 is 12.2 Å². The number of alkyl halides is 3. The SMILES string of the molecule is CC(C)(C)C1CCC2(CC1)NC(=O)N(CN(Cc1ccc(C#N)cc1)CC(F)(F)F)C2=O. The van der Waals surface area contributed by atoms with Crippen LogP contribution in [-0.2, 0) is 11.3 Å². The van der Waals surface area contributed by atoms with E-state index in [0.29, 0.717) is 29.9 Å². The van der Waals surface area contributed by atoms with Gasteiger partial charge < -0.3 is 5.32 Å². The van der Waals surface area contributed by atoms with Crippen LogP contribution in [0.25, 0.3) is 0 Å². The van der Waals surface area contributed by atoms with Gasteiger partial charge in [0.15, 0.2) is 0 Å². The third-order valence-corrected chi connectivity index (χ3v) is 6.54. The molecule has 0 unspecified atom stereocenters. The normalized spacial score (nSPS) is 24.2. The summed E-state index contributed by atoms with van der Waals surface area (Å²) in [5, 5.41) is 11.7. The minimum Gasteiger partial charge on any atom is -0.323 e. The number of amides is 3. The van der Waals surface area contributed by atoms with Gasteiger partial charge in [0.1, 0.15) is 5.54 Å². The molecule has 0 radical (unpaired) electrons. The molecule has 1 saturated heterocycles. The largest absolute Gasteiger partial charge is 0.401 e. The maximum Gasteiger partial charge on any atom is 0.401 e. The third kappa shape index (κ3) is 5.41. The highest BCUT2D eigenvalue weighted by atomic mass is 19.4. The van der Waals surface area contributed by atoms with Crippen molar-refractivity contribution in [2.45, 2.75) is 64.7 Å². The first kappa shape index (κ1) is 24.1. The Kier molecular flexibility index (Phi) is 6.57. The number of nitrogens with zero attached hydrogens (tertiary/aromatic N) is 3. The molecule has 3 rings (SSSR count).